The van der Waals surface area contributed by atoms with Crippen molar-refractivity contribution in [3.05, 3.63) is 72.3 Å². The minimum Gasteiger partial charge on any atom is -0.423 e. The summed E-state index contributed by atoms with van der Waals surface area (Å²) in [4.78, 5) is 23.2. The van der Waals surface area contributed by atoms with Crippen molar-refractivity contribution in [3.8, 4) is 5.75 Å². The zero-order valence-corrected chi connectivity index (χ0v) is 12.6. The van der Waals surface area contributed by atoms with Gasteiger partial charge in [0, 0.05) is 12.6 Å². The van der Waals surface area contributed by atoms with Gasteiger partial charge >= 0.3 is 5.97 Å². The van der Waals surface area contributed by atoms with E-state index in [2.05, 4.69) is 5.32 Å². The van der Waals surface area contributed by atoms with Gasteiger partial charge in [-0.05, 0) is 47.2 Å². The highest BCUT2D eigenvalue weighted by Gasteiger charge is 2.09. The van der Waals surface area contributed by atoms with Crippen molar-refractivity contribution in [1.29, 1.82) is 0 Å². The molecule has 0 fully saturated rings. The molecule has 0 radical (unpaired) electrons. The van der Waals surface area contributed by atoms with Gasteiger partial charge in [0.15, 0.2) is 0 Å². The van der Waals surface area contributed by atoms with Crippen LogP contribution in [0, 0.1) is 0 Å². The molecule has 0 saturated carbocycles. The number of nitrogens with one attached hydrogen (secondary N) is 1. The Balaban J connectivity index is 1.76. The lowest BCUT2D eigenvalue weighted by atomic mass is 10.1. The molecule has 0 aliphatic heterocycles. The summed E-state index contributed by atoms with van der Waals surface area (Å²) < 4.78 is 5.40. The fraction of sp³-hybridized carbons (Fsp3) is 0.0526. The number of carbonyl (C=O) groups excluding carboxylic acids is 2. The maximum atomic E-state index is 12.2. The number of carbonyl (C=O) groups is 2. The van der Waals surface area contributed by atoms with Crippen LogP contribution >= 0.6 is 0 Å². The second kappa shape index (κ2) is 6.32. The van der Waals surface area contributed by atoms with Gasteiger partial charge in [-0.2, -0.15) is 0 Å². The molecule has 4 heteroatoms. The topological polar surface area (TPSA) is 55.4 Å². The van der Waals surface area contributed by atoms with Crippen molar-refractivity contribution >= 4 is 28.3 Å². The third-order valence-electron chi connectivity index (χ3n) is 3.37. The first-order chi connectivity index (χ1) is 11.1. The zero-order chi connectivity index (χ0) is 16.2. The highest BCUT2D eigenvalue weighted by atomic mass is 16.5. The molecule has 0 spiro atoms. The monoisotopic (exact) mass is 305 g/mol. The van der Waals surface area contributed by atoms with Crippen LogP contribution in [0.4, 0.5) is 5.69 Å². The Morgan fingerprint density at radius 1 is 0.870 bits per heavy atom. The van der Waals surface area contributed by atoms with Crippen LogP contribution in [-0.4, -0.2) is 11.9 Å². The Hall–Kier alpha value is -3.14. The van der Waals surface area contributed by atoms with E-state index >= 15 is 0 Å². The van der Waals surface area contributed by atoms with Crippen molar-refractivity contribution in [1.82, 2.24) is 0 Å². The van der Waals surface area contributed by atoms with Gasteiger partial charge in [0.05, 0.1) is 5.56 Å². The van der Waals surface area contributed by atoms with Gasteiger partial charge in [0.25, 0.3) is 0 Å². The first-order valence-corrected chi connectivity index (χ1v) is 7.20. The normalized spacial score (nSPS) is 10.3. The quantitative estimate of drug-likeness (QED) is 0.587. The van der Waals surface area contributed by atoms with E-state index in [0.29, 0.717) is 17.0 Å². The molecular weight excluding hydrogens is 290 g/mol. The molecule has 1 N–H and O–H groups in total. The van der Waals surface area contributed by atoms with E-state index in [4.69, 9.17) is 4.74 Å². The summed E-state index contributed by atoms with van der Waals surface area (Å²) in [6.07, 6.45) is 0. The van der Waals surface area contributed by atoms with Gasteiger partial charge in [0.1, 0.15) is 5.75 Å². The summed E-state index contributed by atoms with van der Waals surface area (Å²) in [5.41, 5.74) is 1.06. The summed E-state index contributed by atoms with van der Waals surface area (Å²) in [5.74, 6) is -0.0919. The molecule has 0 aliphatic carbocycles. The molecule has 3 rings (SSSR count). The SMILES string of the molecule is CC(=O)Nc1ccc(C(=O)Oc2ccc3ccccc3c2)cc1. The number of hydrogen-bond donors (Lipinski definition) is 1. The predicted molar refractivity (Wildman–Crippen MR) is 89.7 cm³/mol. The number of amides is 1. The first kappa shape index (κ1) is 14.8. The zero-order valence-electron chi connectivity index (χ0n) is 12.6. The van der Waals surface area contributed by atoms with Gasteiger partial charge in [0.2, 0.25) is 5.91 Å². The van der Waals surface area contributed by atoms with Gasteiger partial charge in [-0.1, -0.05) is 30.3 Å². The molecule has 0 saturated heterocycles. The lowest BCUT2D eigenvalue weighted by Gasteiger charge is -2.07. The fourth-order valence-electron chi connectivity index (χ4n) is 2.29. The van der Waals surface area contributed by atoms with E-state index in [0.717, 1.165) is 10.8 Å². The molecule has 4 nitrogen and oxygen atoms in total. The van der Waals surface area contributed by atoms with Gasteiger partial charge in [-0.25, -0.2) is 4.79 Å². The largest absolute Gasteiger partial charge is 0.423 e. The lowest BCUT2D eigenvalue weighted by Crippen LogP contribution is -2.09. The van der Waals surface area contributed by atoms with E-state index in [-0.39, 0.29) is 5.91 Å². The molecule has 0 bridgehead atoms. The average molecular weight is 305 g/mol. The highest BCUT2D eigenvalue weighted by Crippen LogP contribution is 2.21. The Morgan fingerprint density at radius 3 is 2.26 bits per heavy atom. The van der Waals surface area contributed by atoms with Crippen LogP contribution in [0.5, 0.6) is 5.75 Å². The van der Waals surface area contributed by atoms with E-state index in [1.807, 2.05) is 36.4 Å². The van der Waals surface area contributed by atoms with Crippen molar-refractivity contribution in [2.45, 2.75) is 6.92 Å². The molecule has 0 atom stereocenters. The third kappa shape index (κ3) is 3.55. The molecule has 3 aromatic rings. The van der Waals surface area contributed by atoms with E-state index in [1.54, 1.807) is 30.3 Å². The van der Waals surface area contributed by atoms with Crippen LogP contribution in [0.25, 0.3) is 10.8 Å². The van der Waals surface area contributed by atoms with Crippen LogP contribution in [0.15, 0.2) is 66.7 Å². The molecule has 0 aromatic heterocycles. The second-order valence-corrected chi connectivity index (χ2v) is 5.16. The van der Waals surface area contributed by atoms with Crippen LogP contribution in [0.3, 0.4) is 0 Å². The number of ether oxygens (including phenoxy) is 1. The molecule has 0 heterocycles. The minimum atomic E-state index is -0.436. The van der Waals surface area contributed by atoms with Crippen molar-refractivity contribution < 1.29 is 14.3 Å². The van der Waals surface area contributed by atoms with E-state index < -0.39 is 5.97 Å². The summed E-state index contributed by atoms with van der Waals surface area (Å²) >= 11 is 0. The molecule has 3 aromatic carbocycles. The minimum absolute atomic E-state index is 0.156. The number of rotatable bonds is 3. The Kier molecular flexibility index (Phi) is 4.06. The number of anilines is 1. The summed E-state index contributed by atoms with van der Waals surface area (Å²) in [6, 6.07) is 20.0. The number of benzene rings is 3. The smallest absolute Gasteiger partial charge is 0.343 e. The van der Waals surface area contributed by atoms with Crippen molar-refractivity contribution in [3.63, 3.8) is 0 Å². The van der Waals surface area contributed by atoms with E-state index in [9.17, 15) is 9.59 Å². The maximum absolute atomic E-state index is 12.2. The lowest BCUT2D eigenvalue weighted by molar-refractivity contribution is -0.114. The number of esters is 1. The fourth-order valence-corrected chi connectivity index (χ4v) is 2.29. The number of fused-ring (bicyclic) bond motifs is 1. The Bertz CT molecular complexity index is 869. The average Bonchev–Trinajstić information content (AvgIpc) is 2.55. The summed E-state index contributed by atoms with van der Waals surface area (Å²) in [6.45, 7) is 1.43. The molecule has 0 unspecified atom stereocenters. The van der Waals surface area contributed by atoms with Gasteiger partial charge < -0.3 is 10.1 Å². The van der Waals surface area contributed by atoms with Gasteiger partial charge in [-0.3, -0.25) is 4.79 Å². The third-order valence-corrected chi connectivity index (χ3v) is 3.37. The maximum Gasteiger partial charge on any atom is 0.343 e. The standard InChI is InChI=1S/C19H15NO3/c1-13(21)20-17-9-6-15(7-10-17)19(22)23-18-11-8-14-4-2-3-5-16(14)12-18/h2-12H,1H3,(H,20,21). The Morgan fingerprint density at radius 2 is 1.57 bits per heavy atom. The Labute approximate surface area is 133 Å². The van der Waals surface area contributed by atoms with Gasteiger partial charge in [-0.15, -0.1) is 0 Å². The second-order valence-electron chi connectivity index (χ2n) is 5.16. The van der Waals surface area contributed by atoms with Crippen LogP contribution in [0.1, 0.15) is 17.3 Å². The molecular formula is C19H15NO3. The molecule has 0 aliphatic rings. The van der Waals surface area contributed by atoms with Crippen LogP contribution in [0.2, 0.25) is 0 Å². The summed E-state index contributed by atoms with van der Waals surface area (Å²) in [7, 11) is 0. The predicted octanol–water partition coefficient (Wildman–Crippen LogP) is 4.02. The van der Waals surface area contributed by atoms with Crippen LogP contribution in [-0.2, 0) is 4.79 Å². The van der Waals surface area contributed by atoms with E-state index in [1.165, 1.54) is 6.92 Å². The summed E-state index contributed by atoms with van der Waals surface area (Å²) in [5, 5.41) is 4.75. The van der Waals surface area contributed by atoms with Crippen LogP contribution < -0.4 is 10.1 Å². The van der Waals surface area contributed by atoms with Crippen molar-refractivity contribution in [2.24, 2.45) is 0 Å². The van der Waals surface area contributed by atoms with Crippen molar-refractivity contribution in [2.75, 3.05) is 5.32 Å². The molecule has 23 heavy (non-hydrogen) atoms. The molecule has 114 valence electrons. The first-order valence-electron chi connectivity index (χ1n) is 7.20. The number of hydrogen-bond acceptors (Lipinski definition) is 3. The molecule has 1 amide bonds. The highest BCUT2D eigenvalue weighted by molar-refractivity contribution is 5.93.